The summed E-state index contributed by atoms with van der Waals surface area (Å²) in [5.41, 5.74) is 1.20. The highest BCUT2D eigenvalue weighted by molar-refractivity contribution is 5.68. The van der Waals surface area contributed by atoms with Gasteiger partial charge in [0, 0.05) is 7.05 Å². The number of aromatic nitrogens is 2. The standard InChI is InChI=1S/C12H13FN2O/c1-3-16-12-10(11(13)15(2)14-12)9-7-5-4-6-8-9/h4-8H,3H2,1-2H3. The number of hydrogen-bond acceptors (Lipinski definition) is 2. The van der Waals surface area contributed by atoms with Crippen LogP contribution in [-0.2, 0) is 7.05 Å². The zero-order chi connectivity index (χ0) is 11.5. The first-order valence-electron chi connectivity index (χ1n) is 5.14. The lowest BCUT2D eigenvalue weighted by atomic mass is 10.1. The van der Waals surface area contributed by atoms with Gasteiger partial charge in [-0.1, -0.05) is 30.3 Å². The van der Waals surface area contributed by atoms with Crippen LogP contribution in [0.15, 0.2) is 30.3 Å². The number of aryl methyl sites for hydroxylation is 1. The minimum atomic E-state index is -0.380. The molecule has 84 valence electrons. The Morgan fingerprint density at radius 1 is 1.31 bits per heavy atom. The van der Waals surface area contributed by atoms with E-state index in [2.05, 4.69) is 5.10 Å². The first-order chi connectivity index (χ1) is 7.74. The Kier molecular flexibility index (Phi) is 2.90. The lowest BCUT2D eigenvalue weighted by Gasteiger charge is -2.02. The fraction of sp³-hybridized carbons (Fsp3) is 0.250. The summed E-state index contributed by atoms with van der Waals surface area (Å²) in [5.74, 6) is -0.0386. The molecule has 0 aliphatic heterocycles. The van der Waals surface area contributed by atoms with E-state index in [0.29, 0.717) is 18.1 Å². The van der Waals surface area contributed by atoms with Gasteiger partial charge in [-0.25, -0.2) is 4.68 Å². The maximum absolute atomic E-state index is 13.9. The van der Waals surface area contributed by atoms with E-state index in [1.807, 2.05) is 37.3 Å². The molecule has 0 N–H and O–H groups in total. The molecule has 0 unspecified atom stereocenters. The maximum Gasteiger partial charge on any atom is 0.243 e. The summed E-state index contributed by atoms with van der Waals surface area (Å²) in [5, 5.41) is 4.00. The summed E-state index contributed by atoms with van der Waals surface area (Å²) in [7, 11) is 1.56. The zero-order valence-electron chi connectivity index (χ0n) is 9.27. The zero-order valence-corrected chi connectivity index (χ0v) is 9.27. The second-order valence-corrected chi connectivity index (χ2v) is 3.39. The monoisotopic (exact) mass is 220 g/mol. The highest BCUT2D eigenvalue weighted by Gasteiger charge is 2.18. The van der Waals surface area contributed by atoms with Crippen LogP contribution in [0.25, 0.3) is 11.1 Å². The highest BCUT2D eigenvalue weighted by atomic mass is 19.1. The number of hydrogen-bond donors (Lipinski definition) is 0. The minimum absolute atomic E-state index is 0.341. The normalized spacial score (nSPS) is 10.4. The smallest absolute Gasteiger partial charge is 0.243 e. The molecule has 0 amide bonds. The van der Waals surface area contributed by atoms with E-state index in [4.69, 9.17) is 4.74 Å². The molecule has 2 rings (SSSR count). The van der Waals surface area contributed by atoms with Crippen molar-refractivity contribution in [3.63, 3.8) is 0 Å². The third-order valence-electron chi connectivity index (χ3n) is 2.29. The molecule has 0 aliphatic carbocycles. The topological polar surface area (TPSA) is 27.1 Å². The third kappa shape index (κ3) is 1.78. The van der Waals surface area contributed by atoms with Gasteiger partial charge in [0.05, 0.1) is 6.61 Å². The minimum Gasteiger partial charge on any atom is -0.476 e. The molecule has 1 aromatic heterocycles. The van der Waals surface area contributed by atoms with Crippen LogP contribution in [0.3, 0.4) is 0 Å². The molecule has 0 aliphatic rings. The first kappa shape index (κ1) is 10.7. The Bertz CT molecular complexity index is 479. The van der Waals surface area contributed by atoms with Crippen molar-refractivity contribution in [3.05, 3.63) is 36.3 Å². The molecule has 2 aromatic rings. The average Bonchev–Trinajstić information content (AvgIpc) is 2.57. The van der Waals surface area contributed by atoms with Crippen LogP contribution in [0.5, 0.6) is 5.88 Å². The van der Waals surface area contributed by atoms with E-state index in [1.54, 1.807) is 7.05 Å². The predicted octanol–water partition coefficient (Wildman–Crippen LogP) is 2.62. The lowest BCUT2D eigenvalue weighted by molar-refractivity contribution is 0.324. The summed E-state index contributed by atoms with van der Waals surface area (Å²) in [6.07, 6.45) is 0. The molecule has 0 spiro atoms. The van der Waals surface area contributed by atoms with Gasteiger partial charge in [0.1, 0.15) is 5.56 Å². The van der Waals surface area contributed by atoms with Gasteiger partial charge in [-0.05, 0) is 12.5 Å². The van der Waals surface area contributed by atoms with E-state index in [0.717, 1.165) is 5.56 Å². The Labute approximate surface area is 93.5 Å². The van der Waals surface area contributed by atoms with E-state index in [9.17, 15) is 4.39 Å². The maximum atomic E-state index is 13.9. The van der Waals surface area contributed by atoms with Crippen molar-refractivity contribution in [2.24, 2.45) is 7.05 Å². The molecule has 1 aromatic carbocycles. The van der Waals surface area contributed by atoms with Crippen molar-refractivity contribution in [1.82, 2.24) is 9.78 Å². The lowest BCUT2D eigenvalue weighted by Crippen LogP contribution is -1.95. The predicted molar refractivity (Wildman–Crippen MR) is 59.8 cm³/mol. The summed E-state index contributed by atoms with van der Waals surface area (Å²) in [6.45, 7) is 2.32. The fourth-order valence-corrected chi connectivity index (χ4v) is 1.57. The first-order valence-corrected chi connectivity index (χ1v) is 5.14. The van der Waals surface area contributed by atoms with Crippen molar-refractivity contribution in [2.75, 3.05) is 6.61 Å². The number of ether oxygens (including phenoxy) is 1. The summed E-state index contributed by atoms with van der Waals surface area (Å²) in [6, 6.07) is 9.28. The fourth-order valence-electron chi connectivity index (χ4n) is 1.57. The second-order valence-electron chi connectivity index (χ2n) is 3.39. The van der Waals surface area contributed by atoms with Gasteiger partial charge < -0.3 is 4.74 Å². The molecule has 16 heavy (non-hydrogen) atoms. The van der Waals surface area contributed by atoms with Gasteiger partial charge in [-0.3, -0.25) is 0 Å². The van der Waals surface area contributed by atoms with Gasteiger partial charge in [0.2, 0.25) is 11.8 Å². The largest absolute Gasteiger partial charge is 0.476 e. The van der Waals surface area contributed by atoms with E-state index >= 15 is 0 Å². The third-order valence-corrected chi connectivity index (χ3v) is 2.29. The summed E-state index contributed by atoms with van der Waals surface area (Å²) >= 11 is 0. The van der Waals surface area contributed by atoms with E-state index in [-0.39, 0.29) is 5.95 Å². The van der Waals surface area contributed by atoms with E-state index in [1.165, 1.54) is 4.68 Å². The number of halogens is 1. The van der Waals surface area contributed by atoms with Crippen molar-refractivity contribution < 1.29 is 9.13 Å². The van der Waals surface area contributed by atoms with Gasteiger partial charge in [0.25, 0.3) is 0 Å². The molecule has 4 heteroatoms. The Morgan fingerprint density at radius 3 is 2.62 bits per heavy atom. The quantitative estimate of drug-likeness (QED) is 0.795. The molecular weight excluding hydrogens is 207 g/mol. The molecular formula is C12H13FN2O. The Morgan fingerprint density at radius 2 is 2.00 bits per heavy atom. The molecule has 1 heterocycles. The van der Waals surface area contributed by atoms with Gasteiger partial charge >= 0.3 is 0 Å². The second kappa shape index (κ2) is 4.35. The van der Waals surface area contributed by atoms with Crippen LogP contribution in [0.2, 0.25) is 0 Å². The van der Waals surface area contributed by atoms with Crippen LogP contribution < -0.4 is 4.74 Å². The molecule has 3 nitrogen and oxygen atoms in total. The van der Waals surface area contributed by atoms with Crippen LogP contribution in [0, 0.1) is 5.95 Å². The van der Waals surface area contributed by atoms with E-state index < -0.39 is 0 Å². The SMILES string of the molecule is CCOc1nn(C)c(F)c1-c1ccccc1. The van der Waals surface area contributed by atoms with Crippen LogP contribution in [-0.4, -0.2) is 16.4 Å². The summed E-state index contributed by atoms with van der Waals surface area (Å²) in [4.78, 5) is 0. The molecule has 0 saturated carbocycles. The highest BCUT2D eigenvalue weighted by Crippen LogP contribution is 2.31. The van der Waals surface area contributed by atoms with Crippen LogP contribution >= 0.6 is 0 Å². The van der Waals surface area contributed by atoms with Gasteiger partial charge in [0.15, 0.2) is 0 Å². The van der Waals surface area contributed by atoms with Crippen LogP contribution in [0.4, 0.5) is 4.39 Å². The molecule has 0 radical (unpaired) electrons. The van der Waals surface area contributed by atoms with Crippen LogP contribution in [0.1, 0.15) is 6.92 Å². The molecule has 0 atom stereocenters. The molecule has 0 fully saturated rings. The van der Waals surface area contributed by atoms with Gasteiger partial charge in [-0.15, -0.1) is 5.10 Å². The number of benzene rings is 1. The summed E-state index contributed by atoms with van der Waals surface area (Å²) < 4.78 is 20.4. The van der Waals surface area contributed by atoms with Gasteiger partial charge in [-0.2, -0.15) is 4.39 Å². The number of nitrogens with zero attached hydrogens (tertiary/aromatic N) is 2. The number of rotatable bonds is 3. The van der Waals surface area contributed by atoms with Crippen molar-refractivity contribution in [2.45, 2.75) is 6.92 Å². The van der Waals surface area contributed by atoms with Crippen molar-refractivity contribution in [1.29, 1.82) is 0 Å². The molecule has 0 bridgehead atoms. The van der Waals surface area contributed by atoms with Crippen molar-refractivity contribution in [3.8, 4) is 17.0 Å². The Balaban J connectivity index is 2.54. The van der Waals surface area contributed by atoms with Crippen molar-refractivity contribution >= 4 is 0 Å². The molecule has 0 saturated heterocycles. The Hall–Kier alpha value is -1.84. The average molecular weight is 220 g/mol.